The lowest BCUT2D eigenvalue weighted by atomic mass is 9.98. The maximum atomic E-state index is 14.3. The van der Waals surface area contributed by atoms with Crippen molar-refractivity contribution >= 4 is 0 Å². The number of rotatable bonds is 2. The molecule has 1 saturated heterocycles. The van der Waals surface area contributed by atoms with E-state index in [1.807, 2.05) is 4.98 Å². The van der Waals surface area contributed by atoms with E-state index in [0.29, 0.717) is 0 Å². The first-order valence-corrected chi connectivity index (χ1v) is 5.32. The number of H-pyrrole nitrogens is 1. The van der Waals surface area contributed by atoms with Crippen LogP contribution in [0, 0.1) is 0 Å². The number of aliphatic hydroxyl groups excluding tert-OH is 2. The molecule has 2 rings (SSSR count). The van der Waals surface area contributed by atoms with Crippen molar-refractivity contribution in [3.63, 3.8) is 0 Å². The van der Waals surface area contributed by atoms with Gasteiger partial charge in [-0.25, -0.2) is 9.18 Å². The van der Waals surface area contributed by atoms with Crippen LogP contribution >= 0.6 is 0 Å². The van der Waals surface area contributed by atoms with Crippen LogP contribution in [0.15, 0.2) is 21.9 Å². The lowest BCUT2D eigenvalue weighted by molar-refractivity contribution is -0.0611. The van der Waals surface area contributed by atoms with Gasteiger partial charge in [0.25, 0.3) is 5.56 Å². The Bertz CT molecular complexity index is 552. The van der Waals surface area contributed by atoms with Gasteiger partial charge in [0, 0.05) is 12.3 Å². The van der Waals surface area contributed by atoms with Crippen LogP contribution in [-0.4, -0.2) is 44.2 Å². The van der Waals surface area contributed by atoms with Crippen molar-refractivity contribution < 1.29 is 19.3 Å². The van der Waals surface area contributed by atoms with E-state index in [1.165, 1.54) is 0 Å². The van der Waals surface area contributed by atoms with Crippen LogP contribution in [0.4, 0.5) is 4.39 Å². The molecule has 0 amide bonds. The lowest BCUT2D eigenvalue weighted by Crippen LogP contribution is -2.43. The molecule has 1 aliphatic heterocycles. The van der Waals surface area contributed by atoms with Crippen LogP contribution in [-0.2, 0) is 4.74 Å². The third-order valence-electron chi connectivity index (χ3n) is 3.00. The molecule has 0 bridgehead atoms. The van der Waals surface area contributed by atoms with Gasteiger partial charge in [0.1, 0.15) is 12.2 Å². The van der Waals surface area contributed by atoms with E-state index in [2.05, 4.69) is 0 Å². The molecule has 18 heavy (non-hydrogen) atoms. The fourth-order valence-corrected chi connectivity index (χ4v) is 1.97. The molecule has 4 atom stereocenters. The Morgan fingerprint density at radius 2 is 2.28 bits per heavy atom. The zero-order valence-corrected chi connectivity index (χ0v) is 9.54. The SMILES string of the molecule is CC1(F)C(O)[C@@H](CO)OC1n1ccc(=O)[nH]c1=O. The number of hydrogen-bond acceptors (Lipinski definition) is 5. The average molecular weight is 260 g/mol. The van der Waals surface area contributed by atoms with Crippen LogP contribution in [0.2, 0.25) is 0 Å². The Kier molecular flexibility index (Phi) is 3.09. The molecule has 1 aromatic heterocycles. The van der Waals surface area contributed by atoms with Gasteiger partial charge in [0.05, 0.1) is 6.61 Å². The van der Waals surface area contributed by atoms with Crippen LogP contribution < -0.4 is 11.2 Å². The summed E-state index contributed by atoms with van der Waals surface area (Å²) in [7, 11) is 0. The number of aliphatic hydroxyl groups is 2. The Labute approximate surface area is 100 Å². The van der Waals surface area contributed by atoms with E-state index in [9.17, 15) is 19.1 Å². The summed E-state index contributed by atoms with van der Waals surface area (Å²) < 4.78 is 20.3. The molecule has 2 heterocycles. The smallest absolute Gasteiger partial charge is 0.330 e. The first kappa shape index (κ1) is 12.9. The van der Waals surface area contributed by atoms with Gasteiger partial charge in [-0.2, -0.15) is 0 Å². The van der Waals surface area contributed by atoms with Crippen LogP contribution in [0.25, 0.3) is 0 Å². The molecule has 3 unspecified atom stereocenters. The molecule has 3 N–H and O–H groups in total. The lowest BCUT2D eigenvalue weighted by Gasteiger charge is -2.24. The second-order valence-corrected chi connectivity index (χ2v) is 4.32. The molecule has 0 spiro atoms. The minimum atomic E-state index is -2.25. The molecule has 7 nitrogen and oxygen atoms in total. The van der Waals surface area contributed by atoms with Crippen LogP contribution in [0.5, 0.6) is 0 Å². The summed E-state index contributed by atoms with van der Waals surface area (Å²) in [6, 6.07) is 1.04. The van der Waals surface area contributed by atoms with Gasteiger partial charge in [-0.1, -0.05) is 0 Å². The number of hydrogen-bond donors (Lipinski definition) is 3. The molecule has 0 aromatic carbocycles. The molecule has 0 saturated carbocycles. The van der Waals surface area contributed by atoms with Gasteiger partial charge < -0.3 is 14.9 Å². The van der Waals surface area contributed by atoms with Crippen molar-refractivity contribution in [3.05, 3.63) is 33.1 Å². The number of aromatic nitrogens is 2. The fourth-order valence-electron chi connectivity index (χ4n) is 1.97. The standard InChI is InChI=1S/C10H13FN2O5/c1-10(11)7(16)5(4-14)18-8(10)13-3-2-6(15)12-9(13)17/h2-3,5,7-8,14,16H,4H2,1H3,(H,12,15,17)/t5-,7?,8?,10?/m1/s1. The summed E-state index contributed by atoms with van der Waals surface area (Å²) in [6.07, 6.45) is -3.01. The Hall–Kier alpha value is -1.51. The van der Waals surface area contributed by atoms with Gasteiger partial charge in [-0.3, -0.25) is 14.3 Å². The van der Waals surface area contributed by atoms with Crippen molar-refractivity contribution in [1.29, 1.82) is 0 Å². The summed E-state index contributed by atoms with van der Waals surface area (Å²) in [5.74, 6) is 0. The van der Waals surface area contributed by atoms with Crippen molar-refractivity contribution in [2.75, 3.05) is 6.61 Å². The van der Waals surface area contributed by atoms with E-state index in [4.69, 9.17) is 9.84 Å². The quantitative estimate of drug-likeness (QED) is 0.601. The van der Waals surface area contributed by atoms with Crippen molar-refractivity contribution in [3.8, 4) is 0 Å². The van der Waals surface area contributed by atoms with Crippen LogP contribution in [0.1, 0.15) is 13.2 Å². The maximum absolute atomic E-state index is 14.3. The third-order valence-corrected chi connectivity index (χ3v) is 3.00. The first-order valence-electron chi connectivity index (χ1n) is 5.32. The number of alkyl halides is 1. The van der Waals surface area contributed by atoms with E-state index < -0.39 is 42.0 Å². The third kappa shape index (κ3) is 1.88. The topological polar surface area (TPSA) is 105 Å². The molecule has 0 radical (unpaired) electrons. The fraction of sp³-hybridized carbons (Fsp3) is 0.600. The summed E-state index contributed by atoms with van der Waals surface area (Å²) in [6.45, 7) is 0.491. The minimum absolute atomic E-state index is 0.574. The predicted octanol–water partition coefficient (Wildman–Crippen LogP) is -1.48. The van der Waals surface area contributed by atoms with Crippen LogP contribution in [0.3, 0.4) is 0 Å². The zero-order valence-electron chi connectivity index (χ0n) is 9.54. The van der Waals surface area contributed by atoms with Crippen molar-refractivity contribution in [2.45, 2.75) is 31.0 Å². The minimum Gasteiger partial charge on any atom is -0.394 e. The molecule has 8 heteroatoms. The highest BCUT2D eigenvalue weighted by atomic mass is 19.1. The average Bonchev–Trinajstić information content (AvgIpc) is 2.52. The highest BCUT2D eigenvalue weighted by Crippen LogP contribution is 2.40. The number of halogens is 1. The summed E-state index contributed by atoms with van der Waals surface area (Å²) in [5.41, 5.74) is -3.72. The molecular formula is C10H13FN2O5. The van der Waals surface area contributed by atoms with Gasteiger partial charge in [0.15, 0.2) is 11.9 Å². The number of nitrogens with one attached hydrogen (secondary N) is 1. The van der Waals surface area contributed by atoms with Gasteiger partial charge in [-0.15, -0.1) is 0 Å². The highest BCUT2D eigenvalue weighted by molar-refractivity contribution is 5.01. The summed E-state index contributed by atoms with van der Waals surface area (Å²) >= 11 is 0. The summed E-state index contributed by atoms with van der Waals surface area (Å²) in [5, 5.41) is 18.6. The zero-order chi connectivity index (χ0) is 13.5. The largest absolute Gasteiger partial charge is 0.394 e. The Balaban J connectivity index is 2.45. The normalized spacial score (nSPS) is 35.9. The second-order valence-electron chi connectivity index (χ2n) is 4.32. The van der Waals surface area contributed by atoms with Gasteiger partial charge >= 0.3 is 5.69 Å². The molecule has 1 aliphatic rings. The highest BCUT2D eigenvalue weighted by Gasteiger charge is 2.54. The van der Waals surface area contributed by atoms with E-state index in [-0.39, 0.29) is 0 Å². The Morgan fingerprint density at radius 3 is 2.78 bits per heavy atom. The first-order chi connectivity index (χ1) is 8.37. The Morgan fingerprint density at radius 1 is 1.61 bits per heavy atom. The van der Waals surface area contributed by atoms with E-state index in [1.54, 1.807) is 0 Å². The molecule has 0 aliphatic carbocycles. The van der Waals surface area contributed by atoms with E-state index in [0.717, 1.165) is 23.8 Å². The number of aromatic amines is 1. The second kappa shape index (κ2) is 4.30. The predicted molar refractivity (Wildman–Crippen MR) is 57.8 cm³/mol. The summed E-state index contributed by atoms with van der Waals surface area (Å²) in [4.78, 5) is 24.4. The van der Waals surface area contributed by atoms with Crippen molar-refractivity contribution in [1.82, 2.24) is 9.55 Å². The van der Waals surface area contributed by atoms with Gasteiger partial charge in [0.2, 0.25) is 0 Å². The number of ether oxygens (including phenoxy) is 1. The van der Waals surface area contributed by atoms with Crippen molar-refractivity contribution in [2.24, 2.45) is 0 Å². The molecule has 1 fully saturated rings. The molecule has 100 valence electrons. The monoisotopic (exact) mass is 260 g/mol. The molecule has 1 aromatic rings. The molecular weight excluding hydrogens is 247 g/mol. The maximum Gasteiger partial charge on any atom is 0.330 e. The van der Waals surface area contributed by atoms with Gasteiger partial charge in [-0.05, 0) is 6.92 Å². The number of nitrogens with zero attached hydrogens (tertiary/aromatic N) is 1. The van der Waals surface area contributed by atoms with E-state index >= 15 is 0 Å².